The van der Waals surface area contributed by atoms with Gasteiger partial charge in [0.2, 0.25) is 0 Å². The monoisotopic (exact) mass is 317 g/mol. The van der Waals surface area contributed by atoms with Crippen molar-refractivity contribution in [3.8, 4) is 5.75 Å². The van der Waals surface area contributed by atoms with Crippen LogP contribution in [0.5, 0.6) is 5.75 Å². The lowest BCUT2D eigenvalue weighted by Crippen LogP contribution is -2.55. The van der Waals surface area contributed by atoms with E-state index in [0.717, 1.165) is 11.3 Å². The molecule has 6 heteroatoms. The predicted octanol–water partition coefficient (Wildman–Crippen LogP) is 2.41. The number of nitrogens with zero attached hydrogens (tertiary/aromatic N) is 1. The van der Waals surface area contributed by atoms with Crippen molar-refractivity contribution in [2.24, 2.45) is 11.8 Å². The molecule has 0 spiro atoms. The first-order valence-electron chi connectivity index (χ1n) is 7.93. The van der Waals surface area contributed by atoms with E-state index in [-0.39, 0.29) is 24.1 Å². The first-order valence-corrected chi connectivity index (χ1v) is 7.93. The first kappa shape index (κ1) is 15.8. The number of benzene rings is 1. The van der Waals surface area contributed by atoms with Crippen LogP contribution in [0.2, 0.25) is 0 Å². The Hall–Kier alpha value is -2.05. The summed E-state index contributed by atoms with van der Waals surface area (Å²) in [6.07, 6.45) is 1.52. The number of rotatable bonds is 5. The Balaban J connectivity index is 1.75. The Morgan fingerprint density at radius 2 is 2.09 bits per heavy atom. The van der Waals surface area contributed by atoms with Crippen LogP contribution in [0.15, 0.2) is 36.9 Å². The summed E-state index contributed by atoms with van der Waals surface area (Å²) >= 11 is 0. The third-order valence-corrected chi connectivity index (χ3v) is 4.43. The fourth-order valence-electron chi connectivity index (χ4n) is 2.97. The first-order chi connectivity index (χ1) is 11.1. The van der Waals surface area contributed by atoms with E-state index in [0.29, 0.717) is 19.1 Å². The van der Waals surface area contributed by atoms with Crippen LogP contribution in [-0.4, -0.2) is 30.4 Å². The van der Waals surface area contributed by atoms with Gasteiger partial charge in [-0.15, -0.1) is 6.58 Å². The summed E-state index contributed by atoms with van der Waals surface area (Å²) in [5.74, 6) is 1.26. The Kier molecular flexibility index (Phi) is 4.54. The van der Waals surface area contributed by atoms with Crippen LogP contribution in [0.25, 0.3) is 0 Å². The van der Waals surface area contributed by atoms with Crippen LogP contribution in [0.4, 0.5) is 4.79 Å². The lowest BCUT2D eigenvalue weighted by Gasteiger charge is -2.34. The molecule has 2 heterocycles. The average Bonchev–Trinajstić information content (AvgIpc) is 2.93. The number of hydrazine groups is 2. The summed E-state index contributed by atoms with van der Waals surface area (Å²) in [7, 11) is 0. The third kappa shape index (κ3) is 3.04. The summed E-state index contributed by atoms with van der Waals surface area (Å²) in [6, 6.07) is 7.87. The molecular formula is C17H23N3O3. The van der Waals surface area contributed by atoms with Crippen LogP contribution in [0.1, 0.15) is 25.5 Å². The Bertz CT molecular complexity index is 590. The fraction of sp³-hybridized carbons (Fsp3) is 0.471. The Labute approximate surface area is 136 Å². The smallest absolute Gasteiger partial charge is 0.425 e. The number of carbonyl (C=O) groups is 1. The molecule has 1 saturated heterocycles. The molecule has 23 heavy (non-hydrogen) atoms. The molecule has 1 aromatic rings. The van der Waals surface area contributed by atoms with Crippen molar-refractivity contribution in [1.29, 1.82) is 0 Å². The number of fused-ring (bicyclic) bond motifs is 1. The molecule has 0 saturated carbocycles. The van der Waals surface area contributed by atoms with Crippen molar-refractivity contribution in [3.63, 3.8) is 0 Å². The number of hydrogen-bond acceptors (Lipinski definition) is 5. The van der Waals surface area contributed by atoms with Gasteiger partial charge < -0.3 is 9.47 Å². The molecule has 2 aliphatic heterocycles. The minimum Gasteiger partial charge on any atom is -0.493 e. The van der Waals surface area contributed by atoms with Gasteiger partial charge in [0.15, 0.2) is 0 Å². The molecule has 0 unspecified atom stereocenters. The third-order valence-electron chi connectivity index (χ3n) is 4.43. The van der Waals surface area contributed by atoms with Crippen LogP contribution in [0.3, 0.4) is 0 Å². The molecule has 2 aliphatic rings. The van der Waals surface area contributed by atoms with Gasteiger partial charge >= 0.3 is 6.09 Å². The highest BCUT2D eigenvalue weighted by Gasteiger charge is 2.37. The lowest BCUT2D eigenvalue weighted by molar-refractivity contribution is 0.0986. The molecule has 1 amide bonds. The summed E-state index contributed by atoms with van der Waals surface area (Å²) in [4.78, 5) is 11.9. The predicted molar refractivity (Wildman–Crippen MR) is 86.4 cm³/mol. The van der Waals surface area contributed by atoms with E-state index in [1.807, 2.05) is 30.3 Å². The Morgan fingerprint density at radius 1 is 1.30 bits per heavy atom. The maximum absolute atomic E-state index is 11.9. The van der Waals surface area contributed by atoms with Crippen molar-refractivity contribution < 1.29 is 14.3 Å². The number of para-hydroxylation sites is 1. The molecule has 6 nitrogen and oxygen atoms in total. The van der Waals surface area contributed by atoms with Crippen molar-refractivity contribution in [2.45, 2.75) is 25.9 Å². The molecule has 3 rings (SSSR count). The van der Waals surface area contributed by atoms with E-state index < -0.39 is 0 Å². The van der Waals surface area contributed by atoms with Crippen LogP contribution in [0, 0.1) is 11.8 Å². The van der Waals surface area contributed by atoms with E-state index in [2.05, 4.69) is 31.4 Å². The molecule has 0 bridgehead atoms. The standard InChI is InChI=1S/C17H23N3O3/c1-4-12-9-22-15-8-6-5-7-13(15)16(12)18-19-20-14(11(2)3)10-23-17(20)21/h4-8,11-12,14,16,18-19H,1,9-10H2,2-3H3/t12-,14+,16-/m1/s1. The quantitative estimate of drug-likeness (QED) is 0.645. The second-order valence-corrected chi connectivity index (χ2v) is 6.24. The van der Waals surface area contributed by atoms with Crippen LogP contribution < -0.4 is 15.7 Å². The SMILES string of the molecule is C=C[C@@H]1COc2ccccc2[C@@H]1NNN1C(=O)OC[C@H]1C(C)C. The van der Waals surface area contributed by atoms with Gasteiger partial charge in [0, 0.05) is 11.5 Å². The molecule has 0 radical (unpaired) electrons. The number of ether oxygens (including phenoxy) is 2. The number of cyclic esters (lactones) is 1. The van der Waals surface area contributed by atoms with E-state index in [1.54, 1.807) is 0 Å². The van der Waals surface area contributed by atoms with Gasteiger partial charge in [-0.2, -0.15) is 5.53 Å². The van der Waals surface area contributed by atoms with Gasteiger partial charge in [-0.25, -0.2) is 15.2 Å². The molecule has 0 aromatic heterocycles. The minimum absolute atomic E-state index is 0.00673. The van der Waals surface area contributed by atoms with Gasteiger partial charge in [0.25, 0.3) is 0 Å². The fourth-order valence-corrected chi connectivity index (χ4v) is 2.97. The molecule has 1 aromatic carbocycles. The summed E-state index contributed by atoms with van der Waals surface area (Å²) < 4.78 is 10.9. The van der Waals surface area contributed by atoms with Crippen LogP contribution >= 0.6 is 0 Å². The van der Waals surface area contributed by atoms with Crippen molar-refractivity contribution in [3.05, 3.63) is 42.5 Å². The second kappa shape index (κ2) is 6.60. The summed E-state index contributed by atoms with van der Waals surface area (Å²) in [6.45, 7) is 8.98. The topological polar surface area (TPSA) is 62.8 Å². The summed E-state index contributed by atoms with van der Waals surface area (Å²) in [5.41, 5.74) is 7.35. The number of carbonyl (C=O) groups excluding carboxylic acids is 1. The summed E-state index contributed by atoms with van der Waals surface area (Å²) in [5, 5.41) is 1.53. The second-order valence-electron chi connectivity index (χ2n) is 6.24. The zero-order chi connectivity index (χ0) is 16.4. The zero-order valence-corrected chi connectivity index (χ0v) is 13.5. The highest BCUT2D eigenvalue weighted by molar-refractivity contribution is 5.69. The molecule has 2 N–H and O–H groups in total. The molecule has 1 fully saturated rings. The van der Waals surface area contributed by atoms with Crippen LogP contribution in [-0.2, 0) is 4.74 Å². The van der Waals surface area contributed by atoms with Gasteiger partial charge in [0.05, 0.1) is 18.7 Å². The highest BCUT2D eigenvalue weighted by atomic mass is 16.6. The number of amides is 1. The number of hydrogen-bond donors (Lipinski definition) is 2. The van der Waals surface area contributed by atoms with Crippen molar-refractivity contribution in [1.82, 2.24) is 16.0 Å². The van der Waals surface area contributed by atoms with Gasteiger partial charge in [-0.1, -0.05) is 38.1 Å². The Morgan fingerprint density at radius 3 is 2.83 bits per heavy atom. The van der Waals surface area contributed by atoms with Crippen molar-refractivity contribution >= 4 is 6.09 Å². The van der Waals surface area contributed by atoms with E-state index in [4.69, 9.17) is 9.47 Å². The largest absolute Gasteiger partial charge is 0.493 e. The molecule has 124 valence electrons. The molecule has 3 atom stereocenters. The normalized spacial score (nSPS) is 26.7. The average molecular weight is 317 g/mol. The van der Waals surface area contributed by atoms with E-state index in [9.17, 15) is 4.79 Å². The maximum atomic E-state index is 11.9. The highest BCUT2D eigenvalue weighted by Crippen LogP contribution is 2.35. The minimum atomic E-state index is -0.355. The van der Waals surface area contributed by atoms with Gasteiger partial charge in [-0.05, 0) is 12.0 Å². The van der Waals surface area contributed by atoms with E-state index >= 15 is 0 Å². The molecule has 0 aliphatic carbocycles. The van der Waals surface area contributed by atoms with Crippen molar-refractivity contribution in [2.75, 3.05) is 13.2 Å². The van der Waals surface area contributed by atoms with Gasteiger partial charge in [0.1, 0.15) is 12.4 Å². The number of nitrogens with one attached hydrogen (secondary N) is 2. The van der Waals surface area contributed by atoms with E-state index in [1.165, 1.54) is 5.01 Å². The maximum Gasteiger partial charge on any atom is 0.425 e. The molecular weight excluding hydrogens is 294 g/mol. The lowest BCUT2D eigenvalue weighted by atomic mass is 9.91. The zero-order valence-electron chi connectivity index (χ0n) is 13.5. The van der Waals surface area contributed by atoms with Gasteiger partial charge in [-0.3, -0.25) is 0 Å².